The molecule has 102 valence electrons. The Morgan fingerprint density at radius 3 is 2.47 bits per heavy atom. The number of carbonyl (C=O) groups excluding carboxylic acids is 1. The van der Waals surface area contributed by atoms with Crippen LogP contribution in [0.2, 0.25) is 0 Å². The van der Waals surface area contributed by atoms with Crippen LogP contribution >= 0.6 is 0 Å². The first-order chi connectivity index (χ1) is 8.77. The summed E-state index contributed by atoms with van der Waals surface area (Å²) in [6, 6.07) is 1.42. The van der Waals surface area contributed by atoms with Crippen molar-refractivity contribution in [3.63, 3.8) is 0 Å². The molecule has 2 nitrogen and oxygen atoms in total. The molecular weight excluding hydrogens is 269 g/mol. The maximum Gasteiger partial charge on any atom is 0.419 e. The summed E-state index contributed by atoms with van der Waals surface area (Å²) in [7, 11) is 0. The minimum Gasteiger partial charge on any atom is -0.351 e. The number of carbonyl (C=O) groups is 1. The Hall–Kier alpha value is -1.66. The van der Waals surface area contributed by atoms with Crippen LogP contribution in [-0.4, -0.2) is 18.6 Å². The molecule has 0 radical (unpaired) electrons. The molecule has 0 aromatic heterocycles. The van der Waals surface area contributed by atoms with Crippen LogP contribution in [0, 0.1) is 5.82 Å². The normalized spacial score (nSPS) is 29.1. The van der Waals surface area contributed by atoms with Crippen molar-refractivity contribution in [3.05, 3.63) is 34.6 Å². The molecule has 1 aromatic carbocycles. The molecule has 3 rings (SSSR count). The predicted molar refractivity (Wildman–Crippen MR) is 54.9 cm³/mol. The fourth-order valence-electron chi connectivity index (χ4n) is 2.60. The van der Waals surface area contributed by atoms with Gasteiger partial charge in [-0.15, -0.1) is 0 Å². The van der Waals surface area contributed by atoms with Gasteiger partial charge in [0.1, 0.15) is 12.0 Å². The molecule has 7 heteroatoms. The Morgan fingerprint density at radius 1 is 1.32 bits per heavy atom. The van der Waals surface area contributed by atoms with Gasteiger partial charge in [0.05, 0.1) is 11.0 Å². The second-order valence-corrected chi connectivity index (χ2v) is 4.86. The van der Waals surface area contributed by atoms with E-state index in [0.29, 0.717) is 6.07 Å². The van der Waals surface area contributed by atoms with Crippen molar-refractivity contribution >= 4 is 5.91 Å². The van der Waals surface area contributed by atoms with Gasteiger partial charge in [-0.3, -0.25) is 4.79 Å². The molecular formula is C12H8F5NO. The molecule has 1 amide bonds. The highest BCUT2D eigenvalue weighted by Crippen LogP contribution is 2.54. The zero-order valence-electron chi connectivity index (χ0n) is 9.44. The van der Waals surface area contributed by atoms with Gasteiger partial charge in [-0.1, -0.05) is 0 Å². The first kappa shape index (κ1) is 12.4. The van der Waals surface area contributed by atoms with Gasteiger partial charge in [0.2, 0.25) is 0 Å². The van der Waals surface area contributed by atoms with Gasteiger partial charge in [0, 0.05) is 17.7 Å². The Kier molecular flexibility index (Phi) is 2.25. The number of halogens is 5. The number of benzene rings is 1. The molecule has 0 saturated heterocycles. The molecule has 0 unspecified atom stereocenters. The summed E-state index contributed by atoms with van der Waals surface area (Å²) in [6.07, 6.45) is -6.36. The summed E-state index contributed by atoms with van der Waals surface area (Å²) in [5.74, 6) is -2.20. The van der Waals surface area contributed by atoms with E-state index in [2.05, 4.69) is 5.32 Å². The molecule has 0 bridgehead atoms. The van der Waals surface area contributed by atoms with E-state index in [4.69, 9.17) is 0 Å². The molecule has 1 fully saturated rings. The summed E-state index contributed by atoms with van der Waals surface area (Å²) < 4.78 is 65.5. The predicted octanol–water partition coefficient (Wildman–Crippen LogP) is 2.57. The van der Waals surface area contributed by atoms with E-state index in [1.807, 2.05) is 0 Å². The quantitative estimate of drug-likeness (QED) is 0.725. The second kappa shape index (κ2) is 3.46. The standard InChI is InChI=1S/C12H8F5NO/c13-7-3-11(7)4-18-10(19)5-1-2-6(12(15,16)17)9(14)8(5)11/h1-2,7H,3-4H2,(H,18,19)/t7-,11+/m1/s1. The van der Waals surface area contributed by atoms with Crippen LogP contribution in [0.25, 0.3) is 0 Å². The van der Waals surface area contributed by atoms with Crippen LogP contribution in [0.1, 0.15) is 27.9 Å². The topological polar surface area (TPSA) is 29.1 Å². The van der Waals surface area contributed by atoms with Crippen LogP contribution < -0.4 is 5.32 Å². The zero-order valence-corrected chi connectivity index (χ0v) is 9.44. The molecule has 1 heterocycles. The van der Waals surface area contributed by atoms with Gasteiger partial charge in [-0.05, 0) is 18.6 Å². The lowest BCUT2D eigenvalue weighted by Gasteiger charge is -2.27. The Balaban J connectivity index is 2.25. The highest BCUT2D eigenvalue weighted by molar-refractivity contribution is 5.98. The SMILES string of the molecule is O=C1NC[C@]2(C[C@H]2F)c2c1ccc(C(F)(F)F)c2F. The second-order valence-electron chi connectivity index (χ2n) is 4.86. The average molecular weight is 277 g/mol. The van der Waals surface area contributed by atoms with E-state index < -0.39 is 40.6 Å². The minimum absolute atomic E-state index is 0.0709. The first-order valence-corrected chi connectivity index (χ1v) is 5.60. The number of amides is 1. The smallest absolute Gasteiger partial charge is 0.351 e. The van der Waals surface area contributed by atoms with E-state index in [9.17, 15) is 26.7 Å². The van der Waals surface area contributed by atoms with Gasteiger partial charge < -0.3 is 5.32 Å². The van der Waals surface area contributed by atoms with Gasteiger partial charge in [0.25, 0.3) is 5.91 Å². The Morgan fingerprint density at radius 2 is 1.95 bits per heavy atom. The van der Waals surface area contributed by atoms with E-state index >= 15 is 0 Å². The summed E-state index contributed by atoms with van der Waals surface area (Å²) in [5.41, 5.74) is -3.43. The molecule has 1 aromatic rings. The summed E-state index contributed by atoms with van der Waals surface area (Å²) in [4.78, 5) is 11.5. The van der Waals surface area contributed by atoms with Crippen LogP contribution in [0.15, 0.2) is 12.1 Å². The van der Waals surface area contributed by atoms with Crippen LogP contribution in [-0.2, 0) is 11.6 Å². The number of hydrogen-bond donors (Lipinski definition) is 1. The zero-order chi connectivity index (χ0) is 14.0. The molecule has 1 N–H and O–H groups in total. The summed E-state index contributed by atoms with van der Waals surface area (Å²) in [6.45, 7) is -0.168. The molecule has 2 aliphatic rings. The lowest BCUT2D eigenvalue weighted by atomic mass is 9.85. The third kappa shape index (κ3) is 1.56. The molecule has 1 aliphatic carbocycles. The van der Waals surface area contributed by atoms with Crippen molar-refractivity contribution in [3.8, 4) is 0 Å². The lowest BCUT2D eigenvalue weighted by Crippen LogP contribution is -2.41. The van der Waals surface area contributed by atoms with Gasteiger partial charge in [-0.2, -0.15) is 13.2 Å². The molecule has 1 saturated carbocycles. The van der Waals surface area contributed by atoms with Crippen molar-refractivity contribution in [2.24, 2.45) is 0 Å². The monoisotopic (exact) mass is 277 g/mol. The molecule has 1 spiro atoms. The number of alkyl halides is 4. The number of rotatable bonds is 0. The minimum atomic E-state index is -4.87. The molecule has 1 aliphatic heterocycles. The van der Waals surface area contributed by atoms with Crippen molar-refractivity contribution in [2.75, 3.05) is 6.54 Å². The van der Waals surface area contributed by atoms with E-state index in [1.165, 1.54) is 0 Å². The van der Waals surface area contributed by atoms with E-state index in [-0.39, 0.29) is 18.5 Å². The first-order valence-electron chi connectivity index (χ1n) is 5.60. The average Bonchev–Trinajstić information content (AvgIpc) is 2.94. The summed E-state index contributed by atoms with van der Waals surface area (Å²) >= 11 is 0. The third-order valence-electron chi connectivity index (χ3n) is 3.74. The fourth-order valence-corrected chi connectivity index (χ4v) is 2.60. The number of nitrogens with one attached hydrogen (secondary N) is 1. The van der Waals surface area contributed by atoms with Crippen molar-refractivity contribution < 1.29 is 26.7 Å². The van der Waals surface area contributed by atoms with Crippen molar-refractivity contribution in [2.45, 2.75) is 24.2 Å². The van der Waals surface area contributed by atoms with Gasteiger partial charge in [-0.25, -0.2) is 8.78 Å². The van der Waals surface area contributed by atoms with Gasteiger partial charge in [0.15, 0.2) is 0 Å². The molecule has 19 heavy (non-hydrogen) atoms. The third-order valence-corrected chi connectivity index (χ3v) is 3.74. The lowest BCUT2D eigenvalue weighted by molar-refractivity contribution is -0.140. The Bertz CT molecular complexity index is 582. The largest absolute Gasteiger partial charge is 0.419 e. The van der Waals surface area contributed by atoms with Crippen molar-refractivity contribution in [1.29, 1.82) is 0 Å². The summed E-state index contributed by atoms with van der Waals surface area (Å²) in [5, 5.41) is 2.38. The van der Waals surface area contributed by atoms with Gasteiger partial charge >= 0.3 is 6.18 Å². The van der Waals surface area contributed by atoms with E-state index in [0.717, 1.165) is 6.07 Å². The van der Waals surface area contributed by atoms with E-state index in [1.54, 1.807) is 0 Å². The Labute approximate surface area is 104 Å². The van der Waals surface area contributed by atoms with Crippen LogP contribution in [0.5, 0.6) is 0 Å². The van der Waals surface area contributed by atoms with Crippen LogP contribution in [0.3, 0.4) is 0 Å². The maximum atomic E-state index is 14.1. The number of fused-ring (bicyclic) bond motifs is 2. The van der Waals surface area contributed by atoms with Crippen LogP contribution in [0.4, 0.5) is 22.0 Å². The highest BCUT2D eigenvalue weighted by Gasteiger charge is 2.61. The fraction of sp³-hybridized carbons (Fsp3) is 0.417. The number of hydrogen-bond acceptors (Lipinski definition) is 1. The molecule has 2 atom stereocenters. The maximum absolute atomic E-state index is 14.1. The highest BCUT2D eigenvalue weighted by atomic mass is 19.4. The van der Waals surface area contributed by atoms with Crippen molar-refractivity contribution in [1.82, 2.24) is 5.32 Å².